The third-order valence-electron chi connectivity index (χ3n) is 31.5. The van der Waals surface area contributed by atoms with Gasteiger partial charge in [-0.3, -0.25) is 0 Å². The van der Waals surface area contributed by atoms with Crippen molar-refractivity contribution in [1.82, 2.24) is 0 Å². The van der Waals surface area contributed by atoms with Gasteiger partial charge in [0.15, 0.2) is 0 Å². The van der Waals surface area contributed by atoms with E-state index in [4.69, 9.17) is 23.2 Å². The van der Waals surface area contributed by atoms with Gasteiger partial charge in [0.25, 0.3) is 0 Å². The van der Waals surface area contributed by atoms with E-state index >= 15 is 0 Å². The van der Waals surface area contributed by atoms with Crippen LogP contribution in [-0.4, -0.2) is 30.6 Å². The van der Waals surface area contributed by atoms with Gasteiger partial charge < -0.3 is 30.6 Å². The summed E-state index contributed by atoms with van der Waals surface area (Å²) in [6.45, 7) is 53.4. The average Bonchev–Trinajstić information content (AvgIpc) is 1.51. The highest BCUT2D eigenvalue weighted by molar-refractivity contribution is 14.1. The van der Waals surface area contributed by atoms with E-state index in [1.165, 1.54) is 101 Å². The molecule has 0 bridgehead atoms. The summed E-state index contributed by atoms with van der Waals surface area (Å²) >= 11 is 30.2. The summed E-state index contributed by atoms with van der Waals surface area (Å²) in [4.78, 5) is 0. The maximum Gasteiger partial charge on any atom is 0.132 e. The van der Waals surface area contributed by atoms with Crippen molar-refractivity contribution in [2.75, 3.05) is 0 Å². The Labute approximate surface area is 821 Å². The number of rotatable bonds is 0. The third kappa shape index (κ3) is 13.8. The van der Waals surface area contributed by atoms with Crippen molar-refractivity contribution >= 4 is 145 Å². The second-order valence-corrected chi connectivity index (χ2v) is 52.1. The Kier molecular flexibility index (Phi) is 22.6. The molecule has 0 aliphatic heterocycles. The van der Waals surface area contributed by atoms with Crippen molar-refractivity contribution in [2.45, 2.75) is 312 Å². The first-order chi connectivity index (χ1) is 57.6. The lowest BCUT2D eigenvalue weighted by Gasteiger charge is -2.32. The smallest absolute Gasteiger partial charge is 0.132 e. The maximum atomic E-state index is 14.9. The monoisotopic (exact) mass is 2300 g/mol. The molecule has 0 fully saturated rings. The van der Waals surface area contributed by atoms with Crippen molar-refractivity contribution < 1.29 is 39.4 Å². The van der Waals surface area contributed by atoms with E-state index in [0.717, 1.165) is 142 Å². The fourth-order valence-corrected chi connectivity index (χ4v) is 34.7. The molecule has 660 valence electrons. The van der Waals surface area contributed by atoms with E-state index in [1.807, 2.05) is 64.1 Å². The Morgan fingerprint density at radius 1 is 0.256 bits per heavy atom. The highest BCUT2D eigenvalue weighted by Crippen LogP contribution is 2.73. The first-order valence-electron chi connectivity index (χ1n) is 43.9. The predicted octanol–water partition coefficient (Wildman–Crippen LogP) is 31.7. The normalized spacial score (nSPS) is 21.4. The van der Waals surface area contributed by atoms with Gasteiger partial charge in [-0.05, 0) is 427 Å². The number of benzene rings is 10. The first kappa shape index (κ1) is 93.5. The van der Waals surface area contributed by atoms with E-state index < -0.39 is 5.41 Å². The number of halogens is 10. The minimum atomic E-state index is -0.547. The van der Waals surface area contributed by atoms with Gasteiger partial charge in [0.1, 0.15) is 46.1 Å². The summed E-state index contributed by atoms with van der Waals surface area (Å²) in [5, 5.41) is 65.6. The molecule has 10 aliphatic rings. The summed E-state index contributed by atoms with van der Waals surface area (Å²) in [7, 11) is 0. The van der Waals surface area contributed by atoms with Crippen LogP contribution in [0.4, 0.5) is 8.78 Å². The molecule has 6 N–H and O–H groups in total. The molecule has 5 spiro atoms. The van der Waals surface area contributed by atoms with Crippen molar-refractivity contribution in [3.05, 3.63) is 300 Å². The second-order valence-electron chi connectivity index (χ2n) is 45.4. The van der Waals surface area contributed by atoms with Crippen molar-refractivity contribution in [3.63, 3.8) is 0 Å². The van der Waals surface area contributed by atoms with E-state index in [-0.39, 0.29) is 87.4 Å². The molecular weight excluding hydrogens is 2180 g/mol. The number of phenolic OH excluding ortho intramolecular Hbond substituents is 6. The van der Waals surface area contributed by atoms with E-state index in [0.29, 0.717) is 34.5 Å². The van der Waals surface area contributed by atoms with Gasteiger partial charge in [0.2, 0.25) is 0 Å². The zero-order valence-electron chi connectivity index (χ0n) is 76.6. The van der Waals surface area contributed by atoms with Crippen LogP contribution >= 0.6 is 145 Å². The SMILES string of the molecule is CC1(C)CC2(CC(C)(C)c3ccc(O)c(I)c32)c2c1ccc(O)c2I.CC1(C)CC2(CC(C)(C)c3cccc(Cl)c32)c2c(Cl)cccc21.CC1(C)CC2(CC(C)(C)c3cccc(F)c32)c2c(F)cccc21.Cc1cc2c(c(Br)c1O)C1(CC2(C)C)CC(C)(C)c2cc(C)c(O)c(Br)c21.Cc1cc2c(c(I)c1O)C1(CC2(C)C)CC(C)(C)c2cc(C)c(O)c(I)c21. The van der Waals surface area contributed by atoms with Crippen LogP contribution in [0.15, 0.2) is 130 Å². The van der Waals surface area contributed by atoms with E-state index in [2.05, 4.69) is 321 Å². The second kappa shape index (κ2) is 30.2. The molecule has 20 rings (SSSR count). The number of phenols is 6. The van der Waals surface area contributed by atoms with E-state index in [9.17, 15) is 39.4 Å². The lowest BCUT2D eigenvalue weighted by molar-refractivity contribution is 0.339. The molecule has 0 atom stereocenters. The first-order valence-corrected chi connectivity index (χ1v) is 50.6. The Balaban J connectivity index is 0.000000115. The minimum absolute atomic E-state index is 0.0199. The topological polar surface area (TPSA) is 121 Å². The predicted molar refractivity (Wildman–Crippen MR) is 550 cm³/mol. The van der Waals surface area contributed by atoms with Crippen LogP contribution in [0.3, 0.4) is 0 Å². The number of hydrogen-bond donors (Lipinski definition) is 6. The fraction of sp³-hybridized carbons (Fsp3) is 0.450. The molecule has 0 radical (unpaired) electrons. The molecule has 0 saturated heterocycles. The van der Waals surface area contributed by atoms with Crippen LogP contribution in [0, 0.1) is 53.6 Å². The van der Waals surface area contributed by atoms with Crippen molar-refractivity contribution in [3.8, 4) is 34.5 Å². The third-order valence-corrected chi connectivity index (χ3v) is 38.0. The summed E-state index contributed by atoms with van der Waals surface area (Å²) in [5.74, 6) is 1.79. The van der Waals surface area contributed by atoms with Crippen LogP contribution in [0.1, 0.15) is 336 Å². The number of fused-ring (bicyclic) bond motifs is 20. The zero-order valence-corrected chi connectivity index (χ0v) is 89.9. The molecule has 10 aromatic rings. The molecule has 125 heavy (non-hydrogen) atoms. The highest BCUT2D eigenvalue weighted by atomic mass is 127. The molecular formula is C109H118Br2Cl2F2I4O6. The summed E-state index contributed by atoms with van der Waals surface area (Å²) in [5.41, 5.74) is 26.8. The lowest BCUT2D eigenvalue weighted by atomic mass is 9.72. The summed E-state index contributed by atoms with van der Waals surface area (Å²) in [6.07, 6.45) is 9.57. The Hall–Kier alpha value is -4.68. The van der Waals surface area contributed by atoms with Crippen LogP contribution < -0.4 is 0 Å². The maximum absolute atomic E-state index is 14.9. The van der Waals surface area contributed by atoms with Crippen LogP contribution in [-0.2, 0) is 81.2 Å². The van der Waals surface area contributed by atoms with Gasteiger partial charge in [0, 0.05) is 48.2 Å². The highest BCUT2D eigenvalue weighted by Gasteiger charge is 2.65. The zero-order chi connectivity index (χ0) is 91.8. The van der Waals surface area contributed by atoms with Gasteiger partial charge >= 0.3 is 0 Å². The summed E-state index contributed by atoms with van der Waals surface area (Å²) in [6, 6.07) is 39.9. The Bertz CT molecular complexity index is 5640. The number of hydrogen-bond acceptors (Lipinski definition) is 6. The van der Waals surface area contributed by atoms with Crippen molar-refractivity contribution in [1.29, 1.82) is 0 Å². The fourth-order valence-electron chi connectivity index (χ4n) is 27.8. The molecule has 0 aromatic heterocycles. The minimum Gasteiger partial charge on any atom is -0.507 e. The van der Waals surface area contributed by atoms with Crippen LogP contribution in [0.2, 0.25) is 10.0 Å². The van der Waals surface area contributed by atoms with Gasteiger partial charge in [0.05, 0.1) is 23.2 Å². The summed E-state index contributed by atoms with van der Waals surface area (Å²) < 4.78 is 35.3. The molecule has 0 unspecified atom stereocenters. The lowest BCUT2D eigenvalue weighted by Crippen LogP contribution is -2.28. The van der Waals surface area contributed by atoms with Gasteiger partial charge in [-0.1, -0.05) is 247 Å². The molecule has 0 heterocycles. The quantitative estimate of drug-likeness (QED) is 0.0842. The Morgan fingerprint density at radius 2 is 0.456 bits per heavy atom. The van der Waals surface area contributed by atoms with E-state index in [1.54, 1.807) is 12.1 Å². The molecule has 10 aromatic carbocycles. The van der Waals surface area contributed by atoms with Crippen molar-refractivity contribution in [2.24, 2.45) is 0 Å². The van der Waals surface area contributed by atoms with Crippen LogP contribution in [0.5, 0.6) is 34.5 Å². The standard InChI is InChI=1S/C23H26Br2O2.C23H26I2O2.C21H22Cl2.C21H22F2.C21H22I2O2/c2*1-11-7-13-15(17(24)19(11)26)23(9-21(13,3)4)10-22(5,6)14-8-12(2)20(27)18(25)16(14)23;2*1-19(2)11-21(17-13(19)7-5-9-15(17)22)12-20(3,4)14-8-6-10-16(23)18(14)21;1-19(2)9-21(15-11(19)5-7-13(24)17(15)22)10-20(3,4)12-6-8-14(25)18(23)16(12)21/h2*7-8,26-27H,9-10H2,1-6H3;2*5-10H,11-12H2,1-4H3;5-8,24-25H,9-10H2,1-4H3. The van der Waals surface area contributed by atoms with Gasteiger partial charge in [-0.25, -0.2) is 8.78 Å². The van der Waals surface area contributed by atoms with Gasteiger partial charge in [-0.15, -0.1) is 0 Å². The molecule has 16 heteroatoms. The average molecular weight is 2300 g/mol. The molecule has 6 nitrogen and oxygen atoms in total. The molecule has 0 amide bonds. The number of aromatic hydroxyl groups is 6. The molecule has 0 saturated carbocycles. The van der Waals surface area contributed by atoms with Crippen LogP contribution in [0.25, 0.3) is 0 Å². The largest absolute Gasteiger partial charge is 0.507 e. The Morgan fingerprint density at radius 3 is 0.736 bits per heavy atom. The number of aryl methyl sites for hydroxylation is 4. The van der Waals surface area contributed by atoms with Gasteiger partial charge in [-0.2, -0.15) is 0 Å². The molecule has 10 aliphatic carbocycles.